The molecule has 0 fully saturated rings. The van der Waals surface area contributed by atoms with E-state index in [2.05, 4.69) is 15.3 Å². The molecular formula is C27H26N6O4S. The van der Waals surface area contributed by atoms with E-state index in [4.69, 9.17) is 28.9 Å². The number of fused-ring (bicyclic) bond motifs is 1. The highest BCUT2D eigenvalue weighted by Crippen LogP contribution is 2.40. The number of rotatable bonds is 10. The molecule has 10 nitrogen and oxygen atoms in total. The van der Waals surface area contributed by atoms with Gasteiger partial charge in [-0.3, -0.25) is 4.57 Å². The molecule has 0 unspecified atom stereocenters. The van der Waals surface area contributed by atoms with Gasteiger partial charge in [-0.05, 0) is 29.8 Å². The minimum absolute atomic E-state index is 0.355. The first-order valence-electron chi connectivity index (χ1n) is 11.6. The summed E-state index contributed by atoms with van der Waals surface area (Å²) in [5.41, 5.74) is 3.56. The number of ether oxygens (including phenoxy) is 4. The van der Waals surface area contributed by atoms with Crippen LogP contribution in [0.1, 0.15) is 5.56 Å². The SMILES string of the molecule is COc1ccc(CSc2nc3ccccc3n2-c2ncnc(Nc3cc(OC)c(OC)c(OC)c3)n2)cc1. The lowest BCUT2D eigenvalue weighted by Crippen LogP contribution is -2.07. The summed E-state index contributed by atoms with van der Waals surface area (Å²) < 4.78 is 23.5. The van der Waals surface area contributed by atoms with Gasteiger partial charge in [0.05, 0.1) is 39.5 Å². The normalized spacial score (nSPS) is 10.8. The predicted molar refractivity (Wildman–Crippen MR) is 146 cm³/mol. The number of aromatic nitrogens is 5. The van der Waals surface area contributed by atoms with E-state index in [0.29, 0.717) is 34.8 Å². The molecule has 0 spiro atoms. The first kappa shape index (κ1) is 25.2. The average Bonchev–Trinajstić information content (AvgIpc) is 3.34. The van der Waals surface area contributed by atoms with Crippen molar-refractivity contribution in [3.8, 4) is 28.9 Å². The number of hydrogen-bond donors (Lipinski definition) is 1. The van der Waals surface area contributed by atoms with Crippen LogP contribution in [-0.2, 0) is 5.75 Å². The summed E-state index contributed by atoms with van der Waals surface area (Å²) in [5, 5.41) is 3.98. The molecule has 0 atom stereocenters. The lowest BCUT2D eigenvalue weighted by molar-refractivity contribution is 0.324. The van der Waals surface area contributed by atoms with E-state index in [1.807, 2.05) is 53.1 Å². The molecule has 0 aliphatic rings. The van der Waals surface area contributed by atoms with Crippen molar-refractivity contribution in [2.75, 3.05) is 33.8 Å². The Morgan fingerprint density at radius 2 is 1.55 bits per heavy atom. The number of imidazole rings is 1. The molecule has 3 aromatic carbocycles. The van der Waals surface area contributed by atoms with Crippen molar-refractivity contribution >= 4 is 34.4 Å². The van der Waals surface area contributed by atoms with E-state index in [1.165, 1.54) is 6.33 Å². The van der Waals surface area contributed by atoms with Crippen molar-refractivity contribution < 1.29 is 18.9 Å². The number of nitrogens with zero attached hydrogens (tertiary/aromatic N) is 5. The monoisotopic (exact) mass is 530 g/mol. The maximum atomic E-state index is 5.46. The summed E-state index contributed by atoms with van der Waals surface area (Å²) >= 11 is 1.60. The molecule has 194 valence electrons. The average molecular weight is 531 g/mol. The topological polar surface area (TPSA) is 105 Å². The third-order valence-corrected chi connectivity index (χ3v) is 6.75. The van der Waals surface area contributed by atoms with Crippen molar-refractivity contribution in [3.63, 3.8) is 0 Å². The van der Waals surface area contributed by atoms with Crippen LogP contribution in [-0.4, -0.2) is 52.9 Å². The fraction of sp³-hybridized carbons (Fsp3) is 0.185. The van der Waals surface area contributed by atoms with Crippen molar-refractivity contribution in [2.45, 2.75) is 10.9 Å². The number of para-hydroxylation sites is 2. The van der Waals surface area contributed by atoms with E-state index in [0.717, 1.165) is 33.3 Å². The van der Waals surface area contributed by atoms with Crippen LogP contribution in [0, 0.1) is 0 Å². The summed E-state index contributed by atoms with van der Waals surface area (Å²) in [5.74, 6) is 3.87. The van der Waals surface area contributed by atoms with Crippen molar-refractivity contribution in [1.82, 2.24) is 24.5 Å². The molecule has 0 aliphatic heterocycles. The number of thioether (sulfide) groups is 1. The van der Waals surface area contributed by atoms with Crippen LogP contribution in [0.15, 0.2) is 72.1 Å². The lowest BCUT2D eigenvalue weighted by atomic mass is 10.2. The molecule has 5 rings (SSSR count). The molecule has 1 N–H and O–H groups in total. The molecule has 0 radical (unpaired) electrons. The Kier molecular flexibility index (Phi) is 7.45. The molecule has 0 saturated carbocycles. The largest absolute Gasteiger partial charge is 0.497 e. The Morgan fingerprint density at radius 1 is 0.816 bits per heavy atom. The van der Waals surface area contributed by atoms with Crippen LogP contribution in [0.5, 0.6) is 23.0 Å². The van der Waals surface area contributed by atoms with Gasteiger partial charge in [0.25, 0.3) is 0 Å². The van der Waals surface area contributed by atoms with Gasteiger partial charge in [0, 0.05) is 23.6 Å². The first-order chi connectivity index (χ1) is 18.6. The second kappa shape index (κ2) is 11.3. The number of hydrogen-bond acceptors (Lipinski definition) is 10. The lowest BCUT2D eigenvalue weighted by Gasteiger charge is -2.15. The maximum absolute atomic E-state index is 5.46. The minimum Gasteiger partial charge on any atom is -0.497 e. The highest BCUT2D eigenvalue weighted by Gasteiger charge is 2.17. The third-order valence-electron chi connectivity index (χ3n) is 5.74. The summed E-state index contributed by atoms with van der Waals surface area (Å²) in [7, 11) is 6.35. The standard InChI is InChI=1S/C27H26N6O4S/c1-34-19-11-9-17(10-12-19)15-38-27-31-20-7-5-6-8-21(20)33(27)26-29-16-28-25(32-26)30-18-13-22(35-2)24(37-4)23(14-18)36-3/h5-14,16H,15H2,1-4H3,(H,28,29,30,32). The van der Waals surface area contributed by atoms with Crippen LogP contribution in [0.3, 0.4) is 0 Å². The van der Waals surface area contributed by atoms with Crippen LogP contribution in [0.2, 0.25) is 0 Å². The molecule has 11 heteroatoms. The van der Waals surface area contributed by atoms with Gasteiger partial charge in [0.2, 0.25) is 17.6 Å². The Bertz CT molecular complexity index is 1530. The summed E-state index contributed by atoms with van der Waals surface area (Å²) in [6.45, 7) is 0. The Hall–Kier alpha value is -4.51. The summed E-state index contributed by atoms with van der Waals surface area (Å²) in [6, 6.07) is 19.5. The summed E-state index contributed by atoms with van der Waals surface area (Å²) in [4.78, 5) is 18.3. The zero-order valence-corrected chi connectivity index (χ0v) is 22.2. The van der Waals surface area contributed by atoms with E-state index in [1.54, 1.807) is 52.3 Å². The van der Waals surface area contributed by atoms with Crippen molar-refractivity contribution in [3.05, 3.63) is 72.6 Å². The van der Waals surface area contributed by atoms with Gasteiger partial charge < -0.3 is 24.3 Å². The van der Waals surface area contributed by atoms with Crippen LogP contribution in [0.4, 0.5) is 11.6 Å². The first-order valence-corrected chi connectivity index (χ1v) is 12.6. The third kappa shape index (κ3) is 5.14. The molecule has 0 aliphatic carbocycles. The van der Waals surface area contributed by atoms with Crippen LogP contribution in [0.25, 0.3) is 17.0 Å². The molecule has 0 amide bonds. The van der Waals surface area contributed by atoms with Crippen molar-refractivity contribution in [2.24, 2.45) is 0 Å². The second-order valence-corrected chi connectivity index (χ2v) is 8.95. The Morgan fingerprint density at radius 3 is 2.24 bits per heavy atom. The highest BCUT2D eigenvalue weighted by atomic mass is 32.2. The van der Waals surface area contributed by atoms with E-state index >= 15 is 0 Å². The van der Waals surface area contributed by atoms with E-state index in [-0.39, 0.29) is 0 Å². The van der Waals surface area contributed by atoms with Gasteiger partial charge in [-0.25, -0.2) is 15.0 Å². The fourth-order valence-electron chi connectivity index (χ4n) is 3.90. The van der Waals surface area contributed by atoms with Gasteiger partial charge in [-0.1, -0.05) is 36.0 Å². The van der Waals surface area contributed by atoms with Gasteiger partial charge in [0.15, 0.2) is 16.7 Å². The number of nitrogens with one attached hydrogen (secondary N) is 1. The van der Waals surface area contributed by atoms with Gasteiger partial charge in [-0.2, -0.15) is 4.98 Å². The zero-order valence-electron chi connectivity index (χ0n) is 21.3. The summed E-state index contributed by atoms with van der Waals surface area (Å²) in [6.07, 6.45) is 1.47. The second-order valence-electron chi connectivity index (χ2n) is 8.00. The van der Waals surface area contributed by atoms with E-state index < -0.39 is 0 Å². The zero-order chi connectivity index (χ0) is 26.5. The smallest absolute Gasteiger partial charge is 0.241 e. The van der Waals surface area contributed by atoms with Gasteiger partial charge in [0.1, 0.15) is 12.1 Å². The number of benzene rings is 3. The molecule has 0 saturated heterocycles. The van der Waals surface area contributed by atoms with Crippen LogP contribution < -0.4 is 24.3 Å². The number of anilines is 2. The van der Waals surface area contributed by atoms with E-state index in [9.17, 15) is 0 Å². The highest BCUT2D eigenvalue weighted by molar-refractivity contribution is 7.98. The van der Waals surface area contributed by atoms with Gasteiger partial charge in [-0.15, -0.1) is 0 Å². The predicted octanol–water partition coefficient (Wildman–Crippen LogP) is 5.28. The number of methoxy groups -OCH3 is 4. The van der Waals surface area contributed by atoms with Crippen molar-refractivity contribution in [1.29, 1.82) is 0 Å². The molecule has 2 heterocycles. The maximum Gasteiger partial charge on any atom is 0.241 e. The molecule has 2 aromatic heterocycles. The Balaban J connectivity index is 1.47. The quantitative estimate of drug-likeness (QED) is 0.240. The molecule has 0 bridgehead atoms. The van der Waals surface area contributed by atoms with Gasteiger partial charge >= 0.3 is 0 Å². The Labute approximate surface area is 224 Å². The molecular weight excluding hydrogens is 504 g/mol. The minimum atomic E-state index is 0.355. The molecule has 5 aromatic rings. The van der Waals surface area contributed by atoms with Crippen LogP contribution >= 0.6 is 11.8 Å². The molecule has 38 heavy (non-hydrogen) atoms. The fourth-order valence-corrected chi connectivity index (χ4v) is 4.86.